The number of nitrogens with one attached hydrogen (secondary N) is 1. The minimum absolute atomic E-state index is 0.140. The Morgan fingerprint density at radius 3 is 2.30 bits per heavy atom. The van der Waals surface area contributed by atoms with Crippen molar-refractivity contribution in [1.82, 2.24) is 0 Å². The van der Waals surface area contributed by atoms with Gasteiger partial charge in [0.05, 0.1) is 29.4 Å². The fourth-order valence-corrected chi connectivity index (χ4v) is 3.82. The maximum absolute atomic E-state index is 12.6. The predicted octanol–water partition coefficient (Wildman–Crippen LogP) is 4.62. The highest BCUT2D eigenvalue weighted by Crippen LogP contribution is 2.35. The van der Waals surface area contributed by atoms with Gasteiger partial charge in [-0.15, -0.1) is 11.3 Å². The minimum atomic E-state index is -0.618. The van der Waals surface area contributed by atoms with Crippen LogP contribution in [0.25, 0.3) is 0 Å². The van der Waals surface area contributed by atoms with E-state index < -0.39 is 17.8 Å². The van der Waals surface area contributed by atoms with E-state index in [1.165, 1.54) is 0 Å². The number of aryl methyl sites for hydroxylation is 1. The summed E-state index contributed by atoms with van der Waals surface area (Å²) in [5.74, 6) is -1.66. The van der Waals surface area contributed by atoms with Gasteiger partial charge in [-0.2, -0.15) is 0 Å². The number of carbonyl (C=O) groups is 3. The van der Waals surface area contributed by atoms with Gasteiger partial charge in [-0.1, -0.05) is 17.7 Å². The van der Waals surface area contributed by atoms with Crippen LogP contribution in [-0.4, -0.2) is 31.1 Å². The van der Waals surface area contributed by atoms with Gasteiger partial charge in [-0.05, 0) is 51.0 Å². The summed E-state index contributed by atoms with van der Waals surface area (Å²) in [4.78, 5) is 37.4. The van der Waals surface area contributed by atoms with E-state index in [-0.39, 0.29) is 34.2 Å². The van der Waals surface area contributed by atoms with Crippen molar-refractivity contribution in [2.24, 2.45) is 0 Å². The zero-order valence-corrected chi connectivity index (χ0v) is 17.0. The van der Waals surface area contributed by atoms with Gasteiger partial charge < -0.3 is 14.8 Å². The van der Waals surface area contributed by atoms with Gasteiger partial charge in [-0.25, -0.2) is 9.59 Å². The molecule has 1 aromatic carbocycles. The normalized spacial score (nSPS) is 10.4. The number of halogens is 1. The van der Waals surface area contributed by atoms with Gasteiger partial charge in [0.25, 0.3) is 5.91 Å². The summed E-state index contributed by atoms with van der Waals surface area (Å²) >= 11 is 7.12. The van der Waals surface area contributed by atoms with E-state index in [0.29, 0.717) is 10.6 Å². The molecule has 0 aliphatic rings. The number of hydrogen-bond donors (Lipinski definition) is 1. The number of anilines is 1. The lowest BCUT2D eigenvalue weighted by Gasteiger charge is -2.08. The van der Waals surface area contributed by atoms with Crippen LogP contribution < -0.4 is 5.32 Å². The third-order valence-corrected chi connectivity index (χ3v) is 5.18. The van der Waals surface area contributed by atoms with Crippen LogP contribution in [0, 0.1) is 13.8 Å². The lowest BCUT2D eigenvalue weighted by molar-refractivity contribution is 0.0527. The highest BCUT2D eigenvalue weighted by molar-refractivity contribution is 7.18. The van der Waals surface area contributed by atoms with E-state index in [1.807, 2.05) is 6.92 Å². The Hall–Kier alpha value is -2.38. The summed E-state index contributed by atoms with van der Waals surface area (Å²) in [6, 6.07) is 5.03. The van der Waals surface area contributed by atoms with Gasteiger partial charge in [0.1, 0.15) is 9.88 Å². The van der Waals surface area contributed by atoms with Gasteiger partial charge in [-0.3, -0.25) is 4.79 Å². The molecule has 1 heterocycles. The van der Waals surface area contributed by atoms with Crippen molar-refractivity contribution in [3.8, 4) is 0 Å². The number of amides is 1. The number of benzene rings is 1. The molecule has 0 bridgehead atoms. The lowest BCUT2D eigenvalue weighted by atomic mass is 10.1. The van der Waals surface area contributed by atoms with Crippen molar-refractivity contribution in [3.63, 3.8) is 0 Å². The van der Waals surface area contributed by atoms with Crippen molar-refractivity contribution in [2.45, 2.75) is 27.7 Å². The Labute approximate surface area is 166 Å². The van der Waals surface area contributed by atoms with Crippen LogP contribution in [0.3, 0.4) is 0 Å². The average molecular weight is 410 g/mol. The van der Waals surface area contributed by atoms with Crippen molar-refractivity contribution >= 4 is 45.8 Å². The standard InChI is InChI=1S/C19H20ClNO5S/c1-5-25-18(23)14-11(4)15(19(24)26-6-2)27-17(14)21-16(22)12-8-7-10(3)9-13(12)20/h7-9H,5-6H2,1-4H3,(H,21,22). The van der Waals surface area contributed by atoms with Crippen LogP contribution in [0.1, 0.15) is 55.4 Å². The summed E-state index contributed by atoms with van der Waals surface area (Å²) in [5.41, 5.74) is 1.73. The number of thiophene rings is 1. The van der Waals surface area contributed by atoms with Crippen LogP contribution in [0.2, 0.25) is 5.02 Å². The van der Waals surface area contributed by atoms with E-state index in [9.17, 15) is 14.4 Å². The molecule has 0 aliphatic carbocycles. The molecule has 0 aliphatic heterocycles. The monoisotopic (exact) mass is 409 g/mol. The first-order valence-corrected chi connectivity index (χ1v) is 9.54. The first-order valence-electron chi connectivity index (χ1n) is 8.35. The molecule has 0 saturated carbocycles. The van der Waals surface area contributed by atoms with E-state index in [4.69, 9.17) is 21.1 Å². The number of rotatable bonds is 6. The zero-order chi connectivity index (χ0) is 20.1. The number of ether oxygens (including phenoxy) is 2. The maximum atomic E-state index is 12.6. The molecule has 144 valence electrons. The third kappa shape index (κ3) is 4.67. The van der Waals surface area contributed by atoms with E-state index in [2.05, 4.69) is 5.32 Å². The molecule has 2 rings (SSSR count). The zero-order valence-electron chi connectivity index (χ0n) is 15.5. The Balaban J connectivity index is 2.44. The molecule has 0 unspecified atom stereocenters. The smallest absolute Gasteiger partial charge is 0.348 e. The quantitative estimate of drug-likeness (QED) is 0.703. The molecule has 6 nitrogen and oxygen atoms in total. The van der Waals surface area contributed by atoms with Crippen molar-refractivity contribution in [2.75, 3.05) is 18.5 Å². The second-order valence-electron chi connectivity index (χ2n) is 5.64. The predicted molar refractivity (Wildman–Crippen MR) is 105 cm³/mol. The van der Waals surface area contributed by atoms with Crippen LogP contribution in [0.4, 0.5) is 5.00 Å². The second-order valence-corrected chi connectivity index (χ2v) is 7.07. The first kappa shape index (κ1) is 20.9. The molecule has 2 aromatic rings. The molecule has 1 aromatic heterocycles. The topological polar surface area (TPSA) is 81.7 Å². The second kappa shape index (κ2) is 9.01. The molecule has 0 saturated heterocycles. The summed E-state index contributed by atoms with van der Waals surface area (Å²) in [5, 5.41) is 3.18. The highest BCUT2D eigenvalue weighted by atomic mass is 35.5. The van der Waals surface area contributed by atoms with Crippen LogP contribution in [0.5, 0.6) is 0 Å². The van der Waals surface area contributed by atoms with Gasteiger partial charge in [0, 0.05) is 0 Å². The van der Waals surface area contributed by atoms with E-state index >= 15 is 0 Å². The maximum Gasteiger partial charge on any atom is 0.348 e. The first-order chi connectivity index (χ1) is 12.8. The Morgan fingerprint density at radius 1 is 1.07 bits per heavy atom. The van der Waals surface area contributed by atoms with Gasteiger partial charge in [0.2, 0.25) is 0 Å². The van der Waals surface area contributed by atoms with E-state index in [1.54, 1.807) is 39.0 Å². The molecular formula is C19H20ClNO5S. The Morgan fingerprint density at radius 2 is 1.70 bits per heavy atom. The molecular weight excluding hydrogens is 390 g/mol. The summed E-state index contributed by atoms with van der Waals surface area (Å²) in [7, 11) is 0. The summed E-state index contributed by atoms with van der Waals surface area (Å²) < 4.78 is 10.1. The largest absolute Gasteiger partial charge is 0.462 e. The summed E-state index contributed by atoms with van der Waals surface area (Å²) in [6.45, 7) is 7.21. The fraction of sp³-hybridized carbons (Fsp3) is 0.316. The molecule has 8 heteroatoms. The molecule has 0 radical (unpaired) electrons. The molecule has 27 heavy (non-hydrogen) atoms. The van der Waals surface area contributed by atoms with Crippen molar-refractivity contribution in [3.05, 3.63) is 50.4 Å². The fourth-order valence-electron chi connectivity index (χ4n) is 2.42. The Bertz CT molecular complexity index is 890. The molecule has 1 N–H and O–H groups in total. The molecule has 0 fully saturated rings. The number of carbonyl (C=O) groups excluding carboxylic acids is 3. The van der Waals surface area contributed by atoms with Crippen LogP contribution in [-0.2, 0) is 9.47 Å². The van der Waals surface area contributed by atoms with E-state index in [0.717, 1.165) is 16.9 Å². The summed E-state index contributed by atoms with van der Waals surface area (Å²) in [6.07, 6.45) is 0. The van der Waals surface area contributed by atoms with Crippen LogP contribution >= 0.6 is 22.9 Å². The number of hydrogen-bond acceptors (Lipinski definition) is 6. The SMILES string of the molecule is CCOC(=O)c1sc(NC(=O)c2ccc(C)cc2Cl)c(C(=O)OCC)c1C. The third-order valence-electron chi connectivity index (χ3n) is 3.68. The minimum Gasteiger partial charge on any atom is -0.462 e. The molecule has 1 amide bonds. The van der Waals surface area contributed by atoms with Gasteiger partial charge in [0.15, 0.2) is 0 Å². The highest BCUT2D eigenvalue weighted by Gasteiger charge is 2.27. The molecule has 0 atom stereocenters. The Kier molecular flexibility index (Phi) is 6.98. The number of esters is 2. The average Bonchev–Trinajstić information content (AvgIpc) is 2.91. The van der Waals surface area contributed by atoms with Crippen molar-refractivity contribution < 1.29 is 23.9 Å². The van der Waals surface area contributed by atoms with Crippen molar-refractivity contribution in [1.29, 1.82) is 0 Å². The van der Waals surface area contributed by atoms with Crippen LogP contribution in [0.15, 0.2) is 18.2 Å². The molecule has 0 spiro atoms. The van der Waals surface area contributed by atoms with Gasteiger partial charge >= 0.3 is 11.9 Å². The lowest BCUT2D eigenvalue weighted by Crippen LogP contribution is -2.15.